The largest absolute Gasteiger partial charge is 0.481 e. The monoisotopic (exact) mass is 160 g/mol. The molecule has 0 aromatic carbocycles. The average Bonchev–Trinajstić information content (AvgIpc) is 1.87. The number of aliphatic carboxylic acids is 1. The van der Waals surface area contributed by atoms with Gasteiger partial charge in [0.15, 0.2) is 0 Å². The minimum Gasteiger partial charge on any atom is -0.481 e. The highest BCUT2D eigenvalue weighted by atomic mass is 32.2. The van der Waals surface area contributed by atoms with E-state index in [1.807, 2.05) is 12.2 Å². The number of thioether (sulfide) groups is 1. The molecular formula is C7H12O2S. The Morgan fingerprint density at radius 3 is 2.80 bits per heavy atom. The summed E-state index contributed by atoms with van der Waals surface area (Å²) in [5, 5.41) is 8.23. The van der Waals surface area contributed by atoms with Crippen LogP contribution in [-0.4, -0.2) is 22.6 Å². The molecule has 0 radical (unpaired) electrons. The summed E-state index contributed by atoms with van der Waals surface area (Å²) in [6, 6.07) is 0. The number of hydrogen-bond donors (Lipinski definition) is 1. The predicted molar refractivity (Wildman–Crippen MR) is 44.4 cm³/mol. The maximum absolute atomic E-state index is 9.99. The highest BCUT2D eigenvalue weighted by Crippen LogP contribution is 1.99. The SMILES string of the molecule is CC/C=C\CSCC(=O)O. The Kier molecular flexibility index (Phi) is 6.38. The van der Waals surface area contributed by atoms with E-state index in [1.165, 1.54) is 11.8 Å². The molecule has 0 amide bonds. The van der Waals surface area contributed by atoms with Gasteiger partial charge in [0.25, 0.3) is 0 Å². The topological polar surface area (TPSA) is 37.3 Å². The fourth-order valence-electron chi connectivity index (χ4n) is 0.449. The summed E-state index contributed by atoms with van der Waals surface area (Å²) in [7, 11) is 0. The molecule has 0 aliphatic carbocycles. The Bertz CT molecular complexity index is 121. The molecule has 0 aliphatic rings. The molecule has 0 aliphatic heterocycles. The summed E-state index contributed by atoms with van der Waals surface area (Å²) < 4.78 is 0. The summed E-state index contributed by atoms with van der Waals surface area (Å²) in [6.45, 7) is 2.05. The molecule has 0 saturated heterocycles. The van der Waals surface area contributed by atoms with Crippen molar-refractivity contribution in [2.75, 3.05) is 11.5 Å². The quantitative estimate of drug-likeness (QED) is 0.492. The zero-order valence-corrected chi connectivity index (χ0v) is 6.86. The number of carboxylic acid groups (broad SMARTS) is 1. The number of carboxylic acids is 1. The zero-order chi connectivity index (χ0) is 7.82. The summed E-state index contributed by atoms with van der Waals surface area (Å²) in [5.41, 5.74) is 0. The fourth-order valence-corrected chi connectivity index (χ4v) is 1.01. The number of hydrogen-bond acceptors (Lipinski definition) is 2. The highest BCUT2D eigenvalue weighted by Gasteiger charge is 1.92. The van der Waals surface area contributed by atoms with Crippen LogP contribution in [0.25, 0.3) is 0 Å². The van der Waals surface area contributed by atoms with Crippen molar-refractivity contribution in [3.8, 4) is 0 Å². The van der Waals surface area contributed by atoms with Gasteiger partial charge in [0, 0.05) is 5.75 Å². The van der Waals surface area contributed by atoms with Gasteiger partial charge in [-0.2, -0.15) is 0 Å². The van der Waals surface area contributed by atoms with Crippen LogP contribution in [-0.2, 0) is 4.79 Å². The third kappa shape index (κ3) is 7.56. The molecule has 0 fully saturated rings. The van der Waals surface area contributed by atoms with Crippen molar-refractivity contribution < 1.29 is 9.90 Å². The first-order valence-electron chi connectivity index (χ1n) is 3.22. The molecule has 58 valence electrons. The lowest BCUT2D eigenvalue weighted by Crippen LogP contribution is -1.97. The summed E-state index contributed by atoms with van der Waals surface area (Å²) >= 11 is 1.41. The Morgan fingerprint density at radius 2 is 2.30 bits per heavy atom. The lowest BCUT2D eigenvalue weighted by molar-refractivity contribution is -0.133. The normalized spacial score (nSPS) is 10.5. The van der Waals surface area contributed by atoms with Gasteiger partial charge in [0.2, 0.25) is 0 Å². The van der Waals surface area contributed by atoms with Gasteiger partial charge in [0.05, 0.1) is 5.75 Å². The third-order valence-corrected chi connectivity index (χ3v) is 1.72. The number of rotatable bonds is 5. The van der Waals surface area contributed by atoms with E-state index in [0.29, 0.717) is 0 Å². The summed E-state index contributed by atoms with van der Waals surface area (Å²) in [4.78, 5) is 9.99. The van der Waals surface area contributed by atoms with Gasteiger partial charge < -0.3 is 5.11 Å². The van der Waals surface area contributed by atoms with Gasteiger partial charge in [-0.3, -0.25) is 4.79 Å². The van der Waals surface area contributed by atoms with Crippen LogP contribution < -0.4 is 0 Å². The molecule has 3 heteroatoms. The predicted octanol–water partition coefficient (Wildman–Crippen LogP) is 1.77. The number of carbonyl (C=O) groups is 1. The highest BCUT2D eigenvalue weighted by molar-refractivity contribution is 8.00. The van der Waals surface area contributed by atoms with Gasteiger partial charge >= 0.3 is 5.97 Å². The Hall–Kier alpha value is -0.440. The lowest BCUT2D eigenvalue weighted by Gasteiger charge is -1.89. The van der Waals surface area contributed by atoms with Crippen LogP contribution in [0.3, 0.4) is 0 Å². The lowest BCUT2D eigenvalue weighted by atomic mass is 10.4. The van der Waals surface area contributed by atoms with Crippen molar-refractivity contribution in [3.63, 3.8) is 0 Å². The van der Waals surface area contributed by atoms with Crippen molar-refractivity contribution in [2.24, 2.45) is 0 Å². The minimum absolute atomic E-state index is 0.202. The Labute approximate surface area is 65.3 Å². The van der Waals surface area contributed by atoms with E-state index in [9.17, 15) is 4.79 Å². The van der Waals surface area contributed by atoms with Crippen LogP contribution in [0.5, 0.6) is 0 Å². The van der Waals surface area contributed by atoms with Crippen molar-refractivity contribution >= 4 is 17.7 Å². The molecule has 10 heavy (non-hydrogen) atoms. The molecule has 0 heterocycles. The molecule has 0 bridgehead atoms. The molecule has 0 aromatic rings. The Balaban J connectivity index is 3.05. The summed E-state index contributed by atoms with van der Waals surface area (Å²) in [6.07, 6.45) is 5.05. The van der Waals surface area contributed by atoms with E-state index in [2.05, 4.69) is 6.92 Å². The first-order valence-corrected chi connectivity index (χ1v) is 4.37. The van der Waals surface area contributed by atoms with Crippen molar-refractivity contribution in [2.45, 2.75) is 13.3 Å². The molecule has 0 atom stereocenters. The standard InChI is InChI=1S/C7H12O2S/c1-2-3-4-5-10-6-7(8)9/h3-4H,2,5-6H2,1H3,(H,8,9)/b4-3-. The van der Waals surface area contributed by atoms with E-state index in [4.69, 9.17) is 5.11 Å². The zero-order valence-electron chi connectivity index (χ0n) is 6.04. The number of allylic oxidation sites excluding steroid dienone is 1. The van der Waals surface area contributed by atoms with Gasteiger partial charge in [-0.1, -0.05) is 19.1 Å². The van der Waals surface area contributed by atoms with Gasteiger partial charge in [0.1, 0.15) is 0 Å². The average molecular weight is 160 g/mol. The molecular weight excluding hydrogens is 148 g/mol. The molecule has 0 saturated carbocycles. The molecule has 0 rings (SSSR count). The van der Waals surface area contributed by atoms with Crippen molar-refractivity contribution in [1.82, 2.24) is 0 Å². The fraction of sp³-hybridized carbons (Fsp3) is 0.571. The second kappa shape index (κ2) is 6.68. The van der Waals surface area contributed by atoms with Crippen molar-refractivity contribution in [1.29, 1.82) is 0 Å². The second-order valence-electron chi connectivity index (χ2n) is 1.79. The van der Waals surface area contributed by atoms with E-state index >= 15 is 0 Å². The van der Waals surface area contributed by atoms with Gasteiger partial charge in [-0.05, 0) is 6.42 Å². The van der Waals surface area contributed by atoms with Crippen LogP contribution in [0.15, 0.2) is 12.2 Å². The second-order valence-corrected chi connectivity index (χ2v) is 2.82. The third-order valence-electron chi connectivity index (χ3n) is 0.842. The molecule has 2 nitrogen and oxygen atoms in total. The van der Waals surface area contributed by atoms with E-state index in [-0.39, 0.29) is 5.75 Å². The molecule has 0 spiro atoms. The van der Waals surface area contributed by atoms with Crippen LogP contribution in [0, 0.1) is 0 Å². The smallest absolute Gasteiger partial charge is 0.313 e. The van der Waals surface area contributed by atoms with Crippen molar-refractivity contribution in [3.05, 3.63) is 12.2 Å². The van der Waals surface area contributed by atoms with Crippen LogP contribution in [0.4, 0.5) is 0 Å². The van der Waals surface area contributed by atoms with Crippen LogP contribution in [0.2, 0.25) is 0 Å². The molecule has 0 aromatic heterocycles. The van der Waals surface area contributed by atoms with Gasteiger partial charge in [-0.15, -0.1) is 11.8 Å². The van der Waals surface area contributed by atoms with Crippen LogP contribution in [0.1, 0.15) is 13.3 Å². The van der Waals surface area contributed by atoms with E-state index in [1.54, 1.807) is 0 Å². The maximum atomic E-state index is 9.99. The maximum Gasteiger partial charge on any atom is 0.313 e. The first kappa shape index (κ1) is 9.56. The summed E-state index contributed by atoms with van der Waals surface area (Å²) in [5.74, 6) is 0.267. The van der Waals surface area contributed by atoms with Crippen LogP contribution >= 0.6 is 11.8 Å². The first-order chi connectivity index (χ1) is 4.77. The van der Waals surface area contributed by atoms with E-state index < -0.39 is 5.97 Å². The minimum atomic E-state index is -0.741. The molecule has 0 unspecified atom stereocenters. The van der Waals surface area contributed by atoms with Gasteiger partial charge in [-0.25, -0.2) is 0 Å². The Morgan fingerprint density at radius 1 is 1.60 bits per heavy atom. The molecule has 1 N–H and O–H groups in total. The van der Waals surface area contributed by atoms with E-state index in [0.717, 1.165) is 12.2 Å².